The lowest BCUT2D eigenvalue weighted by Crippen LogP contribution is -2.52. The van der Waals surface area contributed by atoms with E-state index in [0.29, 0.717) is 70.1 Å². The zero-order valence-corrected chi connectivity index (χ0v) is 37.5. The van der Waals surface area contributed by atoms with Crippen LogP contribution in [0.3, 0.4) is 0 Å². The second kappa shape index (κ2) is 17.0. The number of alkyl carbamates (subject to hydrolysis) is 2. The molecule has 4 N–H and O–H groups in total. The van der Waals surface area contributed by atoms with Gasteiger partial charge in [-0.15, -0.1) is 0 Å². The molecule has 3 heterocycles. The summed E-state index contributed by atoms with van der Waals surface area (Å²) in [7, 11) is 2.52. The number of hydrogen-bond donors (Lipinski definition) is 4. The van der Waals surface area contributed by atoms with Crippen LogP contribution in [0.1, 0.15) is 102 Å². The molecule has 3 aliphatic rings. The Labute approximate surface area is 370 Å². The number of nitrogens with zero attached hydrogens (tertiary/aromatic N) is 4. The molecule has 14 nitrogen and oxygen atoms in total. The van der Waals surface area contributed by atoms with Crippen molar-refractivity contribution in [1.29, 1.82) is 0 Å². The fourth-order valence-corrected chi connectivity index (χ4v) is 9.51. The lowest BCUT2D eigenvalue weighted by molar-refractivity contribution is -0.137. The van der Waals surface area contributed by atoms with Crippen LogP contribution in [0.2, 0.25) is 0 Å². The maximum atomic E-state index is 16.6. The fraction of sp³-hybridized carbons (Fsp3) is 0.458. The molecule has 5 aromatic rings. The van der Waals surface area contributed by atoms with E-state index in [0.717, 1.165) is 24.8 Å². The summed E-state index contributed by atoms with van der Waals surface area (Å²) in [4.78, 5) is 71.8. The highest BCUT2D eigenvalue weighted by Crippen LogP contribution is 2.58. The number of fused-ring (bicyclic) bond motifs is 4. The molecule has 4 atom stereocenters. The molecule has 0 bridgehead atoms. The molecule has 2 aliphatic carbocycles. The number of carbonyl (C=O) groups is 4. The topological polar surface area (TPSA) is 175 Å². The number of imidazole rings is 2. The molecule has 64 heavy (non-hydrogen) atoms. The number of amides is 4. The maximum Gasteiger partial charge on any atom is 0.407 e. The Morgan fingerprint density at radius 3 is 2.03 bits per heavy atom. The van der Waals surface area contributed by atoms with Crippen molar-refractivity contribution in [3.8, 4) is 33.5 Å². The summed E-state index contributed by atoms with van der Waals surface area (Å²) in [6.45, 7) is 12.2. The molecule has 0 radical (unpaired) electrons. The van der Waals surface area contributed by atoms with Gasteiger partial charge in [-0.25, -0.2) is 19.6 Å². The molecule has 1 aliphatic heterocycles. The predicted molar refractivity (Wildman–Crippen MR) is 237 cm³/mol. The van der Waals surface area contributed by atoms with Crippen LogP contribution in [0.4, 0.5) is 18.4 Å². The van der Waals surface area contributed by atoms with Gasteiger partial charge >= 0.3 is 12.2 Å². The van der Waals surface area contributed by atoms with Gasteiger partial charge in [0, 0.05) is 29.8 Å². The Morgan fingerprint density at radius 2 is 1.44 bits per heavy atom. The second-order valence-corrected chi connectivity index (χ2v) is 18.1. The maximum absolute atomic E-state index is 16.6. The Balaban J connectivity index is 1.03. The number of nitrogens with one attached hydrogen (secondary N) is 4. The first kappa shape index (κ1) is 44.3. The van der Waals surface area contributed by atoms with Crippen LogP contribution < -0.4 is 10.6 Å². The minimum absolute atomic E-state index is 0.00778. The lowest BCUT2D eigenvalue weighted by atomic mass is 9.98. The number of methoxy groups -OCH3 is 2. The first-order valence-corrected chi connectivity index (χ1v) is 22.1. The average molecular weight is 879 g/mol. The standard InChI is InChI=1S/C48H56F2N8O6/c1-9-37(57(10-2)43(59)39(25(3)4)55-45(61)63-7)42-52-34-16-13-28(21-35(34)53-42)27-11-14-30-31-15-12-29(20-33(31)48(49,50)32(30)19-27)36-23-51-41(54-36)38-22-47(17-18-47)24-58(38)44(60)40(26(5)6)56-46(62)64-8/h11-16,19-21,23,25-26,37-40H,9-10,17-18,22,24H2,1-8H3,(H,51,54)(H,52,53)(H,55,61)(H,56,62)/t37-,38-,39-,40-/m0/s1. The highest BCUT2D eigenvalue weighted by molar-refractivity contribution is 5.89. The number of aromatic nitrogens is 4. The van der Waals surface area contributed by atoms with Crippen molar-refractivity contribution < 1.29 is 37.4 Å². The summed E-state index contributed by atoms with van der Waals surface area (Å²) in [6, 6.07) is 13.4. The Bertz CT molecular complexity index is 2620. The number of carbonyl (C=O) groups excluding carboxylic acids is 4. The van der Waals surface area contributed by atoms with E-state index >= 15 is 8.78 Å². The van der Waals surface area contributed by atoms with Gasteiger partial charge in [0.1, 0.15) is 23.7 Å². The highest BCUT2D eigenvalue weighted by Gasteiger charge is 2.55. The predicted octanol–water partition coefficient (Wildman–Crippen LogP) is 8.85. The van der Waals surface area contributed by atoms with E-state index in [9.17, 15) is 19.2 Å². The summed E-state index contributed by atoms with van der Waals surface area (Å²) >= 11 is 0. The van der Waals surface area contributed by atoms with Crippen LogP contribution in [0.15, 0.2) is 60.8 Å². The van der Waals surface area contributed by atoms with Crippen LogP contribution in [0, 0.1) is 17.3 Å². The van der Waals surface area contributed by atoms with Crippen molar-refractivity contribution in [3.05, 3.63) is 83.6 Å². The number of benzene rings is 3. The molecule has 1 saturated carbocycles. The van der Waals surface area contributed by atoms with Gasteiger partial charge in [-0.1, -0.05) is 65.0 Å². The van der Waals surface area contributed by atoms with E-state index in [2.05, 4.69) is 25.6 Å². The first-order valence-electron chi connectivity index (χ1n) is 22.1. The van der Waals surface area contributed by atoms with E-state index in [1.807, 2.05) is 71.9 Å². The highest BCUT2D eigenvalue weighted by atomic mass is 19.3. The number of halogens is 2. The number of ether oxygens (including phenoxy) is 2. The van der Waals surface area contributed by atoms with E-state index < -0.39 is 36.2 Å². The van der Waals surface area contributed by atoms with Crippen LogP contribution >= 0.6 is 0 Å². The number of aromatic amines is 2. The quantitative estimate of drug-likeness (QED) is 0.0908. The largest absolute Gasteiger partial charge is 0.453 e. The molecule has 2 fully saturated rings. The second-order valence-electron chi connectivity index (χ2n) is 18.1. The zero-order chi connectivity index (χ0) is 45.8. The number of rotatable bonds is 13. The van der Waals surface area contributed by atoms with Crippen LogP contribution in [0.25, 0.3) is 44.5 Å². The number of likely N-dealkylation sites (tertiary alicyclic amines) is 1. The van der Waals surface area contributed by atoms with E-state index in [1.54, 1.807) is 34.2 Å². The van der Waals surface area contributed by atoms with Crippen LogP contribution in [-0.2, 0) is 25.0 Å². The summed E-state index contributed by atoms with van der Waals surface area (Å²) in [5.41, 5.74) is 4.51. The van der Waals surface area contributed by atoms with Crippen molar-refractivity contribution in [2.75, 3.05) is 27.3 Å². The third-order valence-electron chi connectivity index (χ3n) is 13.3. The third-order valence-corrected chi connectivity index (χ3v) is 13.3. The van der Waals surface area contributed by atoms with Crippen molar-refractivity contribution in [2.24, 2.45) is 17.3 Å². The van der Waals surface area contributed by atoms with Gasteiger partial charge in [0.25, 0.3) is 5.92 Å². The van der Waals surface area contributed by atoms with Gasteiger partial charge in [0.2, 0.25) is 11.8 Å². The van der Waals surface area contributed by atoms with E-state index in [1.165, 1.54) is 20.3 Å². The van der Waals surface area contributed by atoms with Gasteiger partial charge in [-0.3, -0.25) is 9.59 Å². The summed E-state index contributed by atoms with van der Waals surface area (Å²) in [5.74, 6) is -2.98. The molecule has 8 rings (SSSR count). The molecule has 4 amide bonds. The smallest absolute Gasteiger partial charge is 0.407 e. The minimum Gasteiger partial charge on any atom is -0.453 e. The summed E-state index contributed by atoms with van der Waals surface area (Å²) < 4.78 is 42.8. The van der Waals surface area contributed by atoms with E-state index in [-0.39, 0.29) is 46.2 Å². The fourth-order valence-electron chi connectivity index (χ4n) is 9.51. The van der Waals surface area contributed by atoms with E-state index in [4.69, 9.17) is 14.5 Å². The molecule has 0 unspecified atom stereocenters. The third kappa shape index (κ3) is 7.95. The Morgan fingerprint density at radius 1 is 0.844 bits per heavy atom. The minimum atomic E-state index is -3.29. The first-order chi connectivity index (χ1) is 30.5. The SMILES string of the molecule is CC[C@@H](c1nc2ccc(-c3ccc4c(c3)C(F)(F)c3cc(-c5cnc([C@@H]6CC7(CC7)CN6C(=O)[C@@H](NC(=O)OC)C(C)C)[nH]5)ccc3-4)cc2[nH]1)N(CC)C(=O)[C@@H](NC(=O)OC)C(C)C. The summed E-state index contributed by atoms with van der Waals surface area (Å²) in [6.07, 6.45) is 3.54. The molecule has 3 aromatic carbocycles. The average Bonchev–Trinajstić information content (AvgIpc) is 3.61. The zero-order valence-electron chi connectivity index (χ0n) is 37.5. The number of alkyl halides is 2. The van der Waals surface area contributed by atoms with Gasteiger partial charge in [-0.05, 0) is 96.4 Å². The van der Waals surface area contributed by atoms with Gasteiger partial charge in [0.15, 0.2) is 0 Å². The number of likely N-dealkylation sites (N-methyl/N-ethyl adjacent to an activating group) is 1. The lowest BCUT2D eigenvalue weighted by Gasteiger charge is -2.33. The molecule has 1 spiro atoms. The van der Waals surface area contributed by atoms with Gasteiger partial charge in [-0.2, -0.15) is 8.78 Å². The number of H-pyrrole nitrogens is 2. The monoisotopic (exact) mass is 878 g/mol. The molecule has 16 heteroatoms. The van der Waals surface area contributed by atoms with Crippen molar-refractivity contribution in [2.45, 2.75) is 97.3 Å². The normalized spacial score (nSPS) is 18.1. The molecular weight excluding hydrogens is 823 g/mol. The Kier molecular flexibility index (Phi) is 11.8. The van der Waals surface area contributed by atoms with Crippen LogP contribution in [0.5, 0.6) is 0 Å². The number of hydrogen-bond acceptors (Lipinski definition) is 8. The molecule has 2 aromatic heterocycles. The van der Waals surface area contributed by atoms with Crippen LogP contribution in [-0.4, -0.2) is 93.1 Å². The molecule has 338 valence electrons. The van der Waals surface area contributed by atoms with Crippen molar-refractivity contribution in [3.63, 3.8) is 0 Å². The van der Waals surface area contributed by atoms with Crippen molar-refractivity contribution in [1.82, 2.24) is 40.4 Å². The molecular formula is C48H56F2N8O6. The van der Waals surface area contributed by atoms with Crippen molar-refractivity contribution >= 4 is 35.0 Å². The molecule has 1 saturated heterocycles. The van der Waals surface area contributed by atoms with Gasteiger partial charge < -0.3 is 39.9 Å². The Hall–Kier alpha value is -6.32. The summed E-state index contributed by atoms with van der Waals surface area (Å²) in [5, 5.41) is 5.37. The van der Waals surface area contributed by atoms with Gasteiger partial charge in [0.05, 0.1) is 49.2 Å².